The Morgan fingerprint density at radius 2 is 1.72 bits per heavy atom. The van der Waals surface area contributed by atoms with Crippen molar-refractivity contribution in [1.29, 1.82) is 0 Å². The molecule has 1 amide bonds. The molecule has 2 aromatic carbocycles. The molecule has 0 saturated heterocycles. The predicted octanol–water partition coefficient (Wildman–Crippen LogP) is 3.36. The highest BCUT2D eigenvalue weighted by molar-refractivity contribution is 7.89. The van der Waals surface area contributed by atoms with Gasteiger partial charge in [-0.15, -0.1) is 0 Å². The maximum atomic E-state index is 12.7. The van der Waals surface area contributed by atoms with Crippen LogP contribution in [0.15, 0.2) is 82.3 Å². The number of ether oxygens (including phenoxy) is 1. The third-order valence-corrected chi connectivity index (χ3v) is 6.12. The Morgan fingerprint density at radius 1 is 1.03 bits per heavy atom. The number of hydrogen-bond acceptors (Lipinski definition) is 6. The van der Waals surface area contributed by atoms with Crippen molar-refractivity contribution < 1.29 is 27.2 Å². The lowest BCUT2D eigenvalue weighted by Crippen LogP contribution is -2.40. The number of rotatable bonds is 9. The molecule has 3 aromatic rings. The molecule has 0 aliphatic carbocycles. The van der Waals surface area contributed by atoms with E-state index in [2.05, 4.69) is 4.72 Å². The van der Waals surface area contributed by atoms with Crippen LogP contribution in [0.1, 0.15) is 30.0 Å². The van der Waals surface area contributed by atoms with Gasteiger partial charge in [-0.3, -0.25) is 4.79 Å². The fourth-order valence-electron chi connectivity index (χ4n) is 3.00. The number of hydrogen-bond donors (Lipinski definition) is 1. The summed E-state index contributed by atoms with van der Waals surface area (Å²) in [5, 5.41) is 0. The Morgan fingerprint density at radius 3 is 2.31 bits per heavy atom. The Balaban J connectivity index is 1.63. The highest BCUT2D eigenvalue weighted by Gasteiger charge is 2.25. The van der Waals surface area contributed by atoms with Crippen molar-refractivity contribution in [1.82, 2.24) is 4.72 Å². The standard InChI is InChI=1S/C23H24N2O6S/c1-3-25(19-8-5-4-6-9-19)22(26)17(2)31-23(27)18-11-13-21(14-12-18)32(28,29)24-16-20-10-7-15-30-20/h4-15,17,24H,3,16H2,1-2H3/t17-/m1/s1. The second-order valence-electron chi connectivity index (χ2n) is 6.89. The van der Waals surface area contributed by atoms with Gasteiger partial charge in [0.2, 0.25) is 10.0 Å². The number of carbonyl (C=O) groups excluding carboxylic acids is 2. The van der Waals surface area contributed by atoms with Crippen LogP contribution in [-0.2, 0) is 26.1 Å². The fraction of sp³-hybridized carbons (Fsp3) is 0.217. The van der Waals surface area contributed by atoms with Gasteiger partial charge < -0.3 is 14.1 Å². The average Bonchev–Trinajstić information content (AvgIpc) is 3.33. The number of nitrogens with zero attached hydrogens (tertiary/aromatic N) is 1. The molecule has 1 N–H and O–H groups in total. The number of esters is 1. The van der Waals surface area contributed by atoms with Crippen LogP contribution in [0.4, 0.5) is 5.69 Å². The van der Waals surface area contributed by atoms with Crippen molar-refractivity contribution in [2.75, 3.05) is 11.4 Å². The van der Waals surface area contributed by atoms with Gasteiger partial charge in [0.05, 0.1) is 23.3 Å². The van der Waals surface area contributed by atoms with Gasteiger partial charge in [0.25, 0.3) is 5.91 Å². The molecule has 0 fully saturated rings. The zero-order chi connectivity index (χ0) is 23.1. The lowest BCUT2D eigenvalue weighted by Gasteiger charge is -2.24. The smallest absolute Gasteiger partial charge is 0.338 e. The SMILES string of the molecule is CCN(C(=O)[C@@H](C)OC(=O)c1ccc(S(=O)(=O)NCc2ccco2)cc1)c1ccccc1. The first kappa shape index (κ1) is 23.2. The minimum Gasteiger partial charge on any atom is -0.468 e. The summed E-state index contributed by atoms with van der Waals surface area (Å²) in [5.74, 6) is -0.597. The molecule has 0 aliphatic rings. The molecular weight excluding hydrogens is 432 g/mol. The number of furan rings is 1. The number of nitrogens with one attached hydrogen (secondary N) is 1. The summed E-state index contributed by atoms with van der Waals surface area (Å²) in [5.41, 5.74) is 0.844. The maximum absolute atomic E-state index is 12.7. The molecular formula is C23H24N2O6S. The van der Waals surface area contributed by atoms with Crippen LogP contribution in [0.25, 0.3) is 0 Å². The van der Waals surface area contributed by atoms with E-state index in [4.69, 9.17) is 9.15 Å². The number of para-hydroxylation sites is 1. The normalized spacial score (nSPS) is 12.2. The van der Waals surface area contributed by atoms with Crippen LogP contribution in [0.2, 0.25) is 0 Å². The van der Waals surface area contributed by atoms with E-state index in [0.29, 0.717) is 18.0 Å². The average molecular weight is 457 g/mol. The molecule has 1 aromatic heterocycles. The highest BCUT2D eigenvalue weighted by atomic mass is 32.2. The maximum Gasteiger partial charge on any atom is 0.338 e. The van der Waals surface area contributed by atoms with Gasteiger partial charge in [-0.05, 0) is 62.4 Å². The molecule has 3 rings (SSSR count). The van der Waals surface area contributed by atoms with Gasteiger partial charge in [-0.1, -0.05) is 18.2 Å². The number of anilines is 1. The van der Waals surface area contributed by atoms with E-state index in [9.17, 15) is 18.0 Å². The van der Waals surface area contributed by atoms with E-state index in [1.165, 1.54) is 42.4 Å². The van der Waals surface area contributed by atoms with Crippen LogP contribution in [0.5, 0.6) is 0 Å². The van der Waals surface area contributed by atoms with Crippen LogP contribution in [0, 0.1) is 0 Å². The molecule has 9 heteroatoms. The Hall–Kier alpha value is -3.43. The highest BCUT2D eigenvalue weighted by Crippen LogP contribution is 2.17. The van der Waals surface area contributed by atoms with Crippen molar-refractivity contribution in [3.05, 3.63) is 84.3 Å². The molecule has 0 spiro atoms. The van der Waals surface area contributed by atoms with E-state index in [1.54, 1.807) is 24.3 Å². The molecule has 0 unspecified atom stereocenters. The lowest BCUT2D eigenvalue weighted by molar-refractivity contribution is -0.126. The third kappa shape index (κ3) is 5.63. The van der Waals surface area contributed by atoms with Crippen molar-refractivity contribution in [3.8, 4) is 0 Å². The minimum absolute atomic E-state index is 0.00803. The second-order valence-corrected chi connectivity index (χ2v) is 8.66. The topological polar surface area (TPSA) is 106 Å². The number of sulfonamides is 1. The zero-order valence-electron chi connectivity index (χ0n) is 17.7. The molecule has 0 bridgehead atoms. The molecule has 0 radical (unpaired) electrons. The van der Waals surface area contributed by atoms with Gasteiger partial charge in [-0.25, -0.2) is 17.9 Å². The van der Waals surface area contributed by atoms with Crippen LogP contribution < -0.4 is 9.62 Å². The number of amides is 1. The molecule has 1 atom stereocenters. The second kappa shape index (κ2) is 10.3. The molecule has 0 saturated carbocycles. The summed E-state index contributed by atoms with van der Waals surface area (Å²) in [7, 11) is -3.78. The Labute approximate surface area is 186 Å². The number of likely N-dealkylation sites (N-methyl/N-ethyl adjacent to an activating group) is 1. The fourth-order valence-corrected chi connectivity index (χ4v) is 4.00. The Kier molecular flexibility index (Phi) is 7.45. The first-order valence-corrected chi connectivity index (χ1v) is 11.5. The summed E-state index contributed by atoms with van der Waals surface area (Å²) in [6, 6.07) is 17.7. The van der Waals surface area contributed by atoms with Crippen molar-refractivity contribution >= 4 is 27.6 Å². The van der Waals surface area contributed by atoms with Crippen LogP contribution in [0.3, 0.4) is 0 Å². The summed E-state index contributed by atoms with van der Waals surface area (Å²) in [6.45, 7) is 3.76. The van der Waals surface area contributed by atoms with Gasteiger partial charge in [-0.2, -0.15) is 0 Å². The Bertz CT molecular complexity index is 1140. The predicted molar refractivity (Wildman–Crippen MR) is 119 cm³/mol. The molecule has 0 aliphatic heterocycles. The summed E-state index contributed by atoms with van der Waals surface area (Å²) in [6.07, 6.45) is 0.441. The van der Waals surface area contributed by atoms with Gasteiger partial charge in [0.15, 0.2) is 6.10 Å². The molecule has 1 heterocycles. The lowest BCUT2D eigenvalue weighted by atomic mass is 10.2. The van der Waals surface area contributed by atoms with E-state index < -0.39 is 22.1 Å². The third-order valence-electron chi connectivity index (χ3n) is 4.70. The van der Waals surface area contributed by atoms with Crippen molar-refractivity contribution in [2.45, 2.75) is 31.4 Å². The number of benzene rings is 2. The first-order valence-electron chi connectivity index (χ1n) is 10.0. The summed E-state index contributed by atoms with van der Waals surface area (Å²) >= 11 is 0. The van der Waals surface area contributed by atoms with E-state index >= 15 is 0 Å². The molecule has 8 nitrogen and oxygen atoms in total. The van der Waals surface area contributed by atoms with E-state index in [-0.39, 0.29) is 22.9 Å². The van der Waals surface area contributed by atoms with Crippen LogP contribution in [-0.4, -0.2) is 32.9 Å². The van der Waals surface area contributed by atoms with Gasteiger partial charge in [0.1, 0.15) is 5.76 Å². The van der Waals surface area contributed by atoms with Crippen molar-refractivity contribution in [2.24, 2.45) is 0 Å². The zero-order valence-corrected chi connectivity index (χ0v) is 18.5. The largest absolute Gasteiger partial charge is 0.468 e. The molecule has 32 heavy (non-hydrogen) atoms. The monoisotopic (exact) mass is 456 g/mol. The van der Waals surface area contributed by atoms with E-state index in [0.717, 1.165) is 0 Å². The minimum atomic E-state index is -3.78. The van der Waals surface area contributed by atoms with Crippen LogP contribution >= 0.6 is 0 Å². The quantitative estimate of drug-likeness (QED) is 0.495. The number of carbonyl (C=O) groups is 2. The summed E-state index contributed by atoms with van der Waals surface area (Å²) in [4.78, 5) is 26.7. The van der Waals surface area contributed by atoms with Crippen molar-refractivity contribution in [3.63, 3.8) is 0 Å². The summed E-state index contributed by atoms with van der Waals surface area (Å²) < 4.78 is 37.6. The van der Waals surface area contributed by atoms with Gasteiger partial charge >= 0.3 is 5.97 Å². The first-order chi connectivity index (χ1) is 15.3. The van der Waals surface area contributed by atoms with Gasteiger partial charge in [0, 0.05) is 12.2 Å². The molecule has 168 valence electrons. The van der Waals surface area contributed by atoms with E-state index in [1.807, 2.05) is 25.1 Å².